The van der Waals surface area contributed by atoms with Crippen molar-refractivity contribution in [1.29, 1.82) is 0 Å². The molecule has 82 valence electrons. The Morgan fingerprint density at radius 3 is 2.27 bits per heavy atom. The van der Waals surface area contributed by atoms with Crippen molar-refractivity contribution < 1.29 is 10.4 Å². The van der Waals surface area contributed by atoms with Crippen molar-refractivity contribution >= 4 is 17.3 Å². The minimum atomic E-state index is -0.831. The lowest BCUT2D eigenvalue weighted by Gasteiger charge is -2.23. The van der Waals surface area contributed by atoms with E-state index in [1.807, 2.05) is 0 Å². The molecule has 3 N–H and O–H groups in total. The first-order valence-corrected chi connectivity index (χ1v) is 4.79. The second kappa shape index (κ2) is 4.61. The van der Waals surface area contributed by atoms with Crippen molar-refractivity contribution in [2.45, 2.75) is 19.4 Å². The zero-order valence-corrected chi connectivity index (χ0v) is 9.28. The molecule has 0 aliphatic rings. The normalized spacial score (nSPS) is 12.9. The highest BCUT2D eigenvalue weighted by molar-refractivity contribution is 6.30. The third-order valence-electron chi connectivity index (χ3n) is 2.09. The highest BCUT2D eigenvalue weighted by atomic mass is 35.5. The van der Waals surface area contributed by atoms with E-state index in [4.69, 9.17) is 22.0 Å². The van der Waals surface area contributed by atoms with Crippen LogP contribution >= 0.6 is 11.6 Å². The first-order valence-electron chi connectivity index (χ1n) is 4.41. The number of oxime groups is 1. The Kier molecular flexibility index (Phi) is 3.68. The molecule has 4 nitrogen and oxygen atoms in total. The van der Waals surface area contributed by atoms with Crippen molar-refractivity contribution in [3.8, 4) is 0 Å². The maximum Gasteiger partial charge on any atom is 0.108 e. The summed E-state index contributed by atoms with van der Waals surface area (Å²) in [4.78, 5) is 0. The number of rotatable bonds is 3. The van der Waals surface area contributed by atoms with Gasteiger partial charge in [0.25, 0.3) is 0 Å². The zero-order valence-electron chi connectivity index (χ0n) is 8.53. The van der Waals surface area contributed by atoms with Gasteiger partial charge < -0.3 is 10.4 Å². The van der Waals surface area contributed by atoms with E-state index >= 15 is 0 Å². The number of benzene rings is 1. The first kappa shape index (κ1) is 12.0. The third kappa shape index (κ3) is 2.68. The lowest BCUT2D eigenvalue weighted by atomic mass is 9.93. The Labute approximate surface area is 93.1 Å². The molecule has 1 aromatic carbocycles. The summed E-state index contributed by atoms with van der Waals surface area (Å²) in [6.45, 7) is 3.38. The molecule has 0 aliphatic heterocycles. The van der Waals surface area contributed by atoms with Crippen LogP contribution in [0.4, 0.5) is 0 Å². The van der Waals surface area contributed by atoms with Crippen LogP contribution < -0.4 is 5.48 Å². The molecule has 0 atom stereocenters. The summed E-state index contributed by atoms with van der Waals surface area (Å²) in [7, 11) is 0. The Morgan fingerprint density at radius 1 is 1.33 bits per heavy atom. The fourth-order valence-electron chi connectivity index (χ4n) is 1.20. The highest BCUT2D eigenvalue weighted by Crippen LogP contribution is 2.16. The zero-order chi connectivity index (χ0) is 11.5. The summed E-state index contributed by atoms with van der Waals surface area (Å²) >= 11 is 5.74. The van der Waals surface area contributed by atoms with Crippen molar-refractivity contribution in [3.05, 3.63) is 34.9 Å². The lowest BCUT2D eigenvalue weighted by Crippen LogP contribution is -2.45. The van der Waals surface area contributed by atoms with Crippen LogP contribution in [0.15, 0.2) is 29.4 Å². The molecule has 0 unspecified atom stereocenters. The Morgan fingerprint density at radius 2 is 1.87 bits per heavy atom. The quantitative estimate of drug-likeness (QED) is 0.423. The van der Waals surface area contributed by atoms with Gasteiger partial charge in [0.1, 0.15) is 5.71 Å². The molecule has 15 heavy (non-hydrogen) atoms. The van der Waals surface area contributed by atoms with Gasteiger partial charge in [-0.2, -0.15) is 5.48 Å². The summed E-state index contributed by atoms with van der Waals surface area (Å²) in [6, 6.07) is 6.82. The van der Waals surface area contributed by atoms with Crippen molar-refractivity contribution in [2.24, 2.45) is 5.16 Å². The molecule has 0 saturated heterocycles. The van der Waals surface area contributed by atoms with Crippen LogP contribution in [0, 0.1) is 0 Å². The molecule has 1 rings (SSSR count). The Balaban J connectivity index is 3.10. The van der Waals surface area contributed by atoms with E-state index in [9.17, 15) is 0 Å². The summed E-state index contributed by atoms with van der Waals surface area (Å²) in [5.74, 6) is 0. The molecule has 0 heterocycles. The lowest BCUT2D eigenvalue weighted by molar-refractivity contribution is 0.113. The molecule has 5 heteroatoms. The molecule has 0 radical (unpaired) electrons. The predicted octanol–water partition coefficient (Wildman–Crippen LogP) is 2.28. The smallest absolute Gasteiger partial charge is 0.108 e. The largest absolute Gasteiger partial charge is 0.411 e. The van der Waals surface area contributed by atoms with Gasteiger partial charge in [-0.1, -0.05) is 28.9 Å². The van der Waals surface area contributed by atoms with Crippen molar-refractivity contribution in [1.82, 2.24) is 5.48 Å². The van der Waals surface area contributed by atoms with Crippen molar-refractivity contribution in [2.75, 3.05) is 0 Å². The number of halogens is 1. The van der Waals surface area contributed by atoms with Crippen LogP contribution in [0.2, 0.25) is 5.02 Å². The summed E-state index contributed by atoms with van der Waals surface area (Å²) in [5, 5.41) is 21.6. The summed E-state index contributed by atoms with van der Waals surface area (Å²) < 4.78 is 0. The monoisotopic (exact) mass is 228 g/mol. The maximum atomic E-state index is 8.94. The van der Waals surface area contributed by atoms with Gasteiger partial charge in [-0.15, -0.1) is 0 Å². The van der Waals surface area contributed by atoms with Gasteiger partial charge in [-0.3, -0.25) is 0 Å². The van der Waals surface area contributed by atoms with Crippen LogP contribution in [0.25, 0.3) is 0 Å². The van der Waals surface area contributed by atoms with Gasteiger partial charge in [0.15, 0.2) is 0 Å². The molecule has 0 spiro atoms. The number of nitrogens with zero attached hydrogens (tertiary/aromatic N) is 1. The minimum Gasteiger partial charge on any atom is -0.411 e. The molecule has 0 aromatic heterocycles. The van der Waals surface area contributed by atoms with Crippen LogP contribution in [0.5, 0.6) is 0 Å². The van der Waals surface area contributed by atoms with Crippen LogP contribution in [0.1, 0.15) is 19.4 Å². The van der Waals surface area contributed by atoms with Gasteiger partial charge in [-0.25, -0.2) is 0 Å². The number of hydrogen-bond acceptors (Lipinski definition) is 4. The fraction of sp³-hybridized carbons (Fsp3) is 0.300. The topological polar surface area (TPSA) is 64.8 Å². The standard InChI is InChI=1S/C10H13ClN2O2/c1-10(2,13-15)9(12-14)7-3-5-8(11)6-4-7/h3-6,13-15H,1-2H3/b12-9+. The number of nitrogens with one attached hydrogen (secondary N) is 1. The van der Waals surface area contributed by atoms with Gasteiger partial charge in [0.2, 0.25) is 0 Å². The molecule has 1 aromatic rings. The van der Waals surface area contributed by atoms with Gasteiger partial charge >= 0.3 is 0 Å². The van der Waals surface area contributed by atoms with Crippen molar-refractivity contribution in [3.63, 3.8) is 0 Å². The Bertz CT molecular complexity index is 360. The molecule has 0 saturated carbocycles. The molecule has 0 aliphatic carbocycles. The van der Waals surface area contributed by atoms with E-state index < -0.39 is 5.54 Å². The molecular weight excluding hydrogens is 216 g/mol. The maximum absolute atomic E-state index is 8.94. The van der Waals surface area contributed by atoms with Crippen LogP contribution in [0.3, 0.4) is 0 Å². The van der Waals surface area contributed by atoms with Gasteiger partial charge in [0.05, 0.1) is 5.54 Å². The third-order valence-corrected chi connectivity index (χ3v) is 2.34. The molecule has 0 bridgehead atoms. The number of hydrogen-bond donors (Lipinski definition) is 3. The van der Waals surface area contributed by atoms with Gasteiger partial charge in [-0.05, 0) is 26.0 Å². The first-order chi connectivity index (χ1) is 7.01. The average molecular weight is 229 g/mol. The second-order valence-corrected chi connectivity index (χ2v) is 4.13. The second-order valence-electron chi connectivity index (χ2n) is 3.69. The van der Waals surface area contributed by atoms with Gasteiger partial charge in [0, 0.05) is 10.6 Å². The van der Waals surface area contributed by atoms with Crippen LogP contribution in [-0.4, -0.2) is 21.7 Å². The van der Waals surface area contributed by atoms with E-state index in [0.717, 1.165) is 0 Å². The van der Waals surface area contributed by atoms with Crippen LogP contribution in [-0.2, 0) is 0 Å². The van der Waals surface area contributed by atoms with E-state index in [-0.39, 0.29) is 0 Å². The number of hydroxylamine groups is 1. The predicted molar refractivity (Wildman–Crippen MR) is 58.8 cm³/mol. The Hall–Kier alpha value is -1.10. The summed E-state index contributed by atoms with van der Waals surface area (Å²) in [5.41, 5.74) is 2.27. The highest BCUT2D eigenvalue weighted by Gasteiger charge is 2.26. The fourth-order valence-corrected chi connectivity index (χ4v) is 1.33. The minimum absolute atomic E-state index is 0.335. The molecular formula is C10H13ClN2O2. The SMILES string of the molecule is CC(C)(NO)/C(=N/O)c1ccc(Cl)cc1. The molecule has 0 amide bonds. The van der Waals surface area contributed by atoms with E-state index in [1.165, 1.54) is 0 Å². The average Bonchev–Trinajstić information content (AvgIpc) is 2.22. The van der Waals surface area contributed by atoms with E-state index in [0.29, 0.717) is 16.3 Å². The van der Waals surface area contributed by atoms with E-state index in [2.05, 4.69) is 10.6 Å². The summed E-state index contributed by atoms with van der Waals surface area (Å²) in [6.07, 6.45) is 0. The molecule has 0 fully saturated rings. The van der Waals surface area contributed by atoms with E-state index in [1.54, 1.807) is 38.1 Å².